The highest BCUT2D eigenvalue weighted by molar-refractivity contribution is 6.67. The van der Waals surface area contributed by atoms with Gasteiger partial charge in [-0.25, -0.2) is 0 Å². The monoisotopic (exact) mass is 1780 g/mol. The van der Waals surface area contributed by atoms with Crippen molar-refractivity contribution in [2.45, 2.75) is 110 Å². The Labute approximate surface area is 714 Å². The molecule has 4 aliphatic rings. The van der Waals surface area contributed by atoms with E-state index in [0.717, 1.165) is 68.0 Å². The smallest absolute Gasteiger partial charge is 0.400 e. The normalized spacial score (nSPS) is 12.9. The fraction of sp³-hybridized carbons (Fsp3) is 0.302. The number of halogens is 18. The minimum Gasteiger partial charge on any atom is -0.400 e. The van der Waals surface area contributed by atoms with Crippen molar-refractivity contribution in [2.24, 2.45) is 0 Å². The number of aromatic nitrogens is 2. The third-order valence-corrected chi connectivity index (χ3v) is 19.0. The van der Waals surface area contributed by atoms with Crippen molar-refractivity contribution in [3.8, 4) is 0 Å². The van der Waals surface area contributed by atoms with Crippen molar-refractivity contribution in [2.75, 3.05) is 84.6 Å². The standard InChI is InChI=1S/C22H18F3N3O.C16H13F3N2O2.C16H15F3N2.C10H12.C7H3F4NO2.C6H4ClNO.C6H15N.CH2Cl2.CH3F.CH4O.ClH/c23-22(24,25)18-5-6-20(28-12-9-15-3-1-2-4-17(15)14-28)19(13-18)27-21(29)16-7-10-26-11-8-16;17-16(18,19)13-5-6-14(15(9-13)21(22)23)20-8-7-11-3-1-2-4-12(11)10-20;17-16(18,19)13-5-6-15(14(20)9-13)21-8-7-11-3-1-2-4-12(11)10-21;1-2-6-10-8-4-3-7-9(10)5-1;8-5-2-1-4(7(9,10)11)3-6(5)12(13)14;7-6(9)5-1-3-8-4-2-5;1-4-7(5-2)6-3;2-1-3;2*1-2;/h1-8,10-11,13H,9,12,14H2,(H,27,29);1-6,9H,7-8,10H2;1-6,9H,7-8,10,20H2;1-2,5-6H,3-4,7-8H2;1-3H;1-4H;4-6H2,1-3H3;1H2;1H3;2H,1H3;1H/i;;;;;;;;1D;;. The maximum absolute atomic E-state index is 13.3. The third kappa shape index (κ3) is 32.3. The lowest BCUT2D eigenvalue weighted by Gasteiger charge is -2.32. The molecule has 17 nitrogen and oxygen atoms in total. The largest absolute Gasteiger partial charge is 0.416 e. The number of nitrogens with two attached hydrogens (primary N) is 1. The summed E-state index contributed by atoms with van der Waals surface area (Å²) in [6.07, 6.45) is -4.46. The second-order valence-electron chi connectivity index (χ2n) is 26.1. The van der Waals surface area contributed by atoms with E-state index in [0.29, 0.717) is 79.8 Å². The average molecular weight is 1780 g/mol. The summed E-state index contributed by atoms with van der Waals surface area (Å²) in [6, 6.07) is 49.5. The van der Waals surface area contributed by atoms with Gasteiger partial charge in [-0.2, -0.15) is 57.1 Å². The fourth-order valence-corrected chi connectivity index (χ4v) is 12.8. The maximum atomic E-state index is 13.3. The Morgan fingerprint density at radius 3 is 1.13 bits per heavy atom. The van der Waals surface area contributed by atoms with E-state index in [-0.39, 0.29) is 40.9 Å². The van der Waals surface area contributed by atoms with Crippen LogP contribution in [0, 0.1) is 26.0 Å². The molecule has 0 bridgehead atoms. The quantitative estimate of drug-likeness (QED) is 0.0274. The Kier molecular flexibility index (Phi) is 42.1. The lowest BCUT2D eigenvalue weighted by atomic mass is 9.92. The van der Waals surface area contributed by atoms with Gasteiger partial charge in [0.2, 0.25) is 5.82 Å². The molecular formula is C86H90Cl4F14N10O7. The Morgan fingerprint density at radius 2 is 0.793 bits per heavy atom. The van der Waals surface area contributed by atoms with Crippen LogP contribution < -0.4 is 25.8 Å². The number of carbonyl (C=O) groups is 2. The predicted octanol–water partition coefficient (Wildman–Crippen LogP) is 23.1. The summed E-state index contributed by atoms with van der Waals surface area (Å²) in [5.74, 6) is -1.77. The van der Waals surface area contributed by atoms with Gasteiger partial charge < -0.3 is 35.8 Å². The molecule has 1 aliphatic carbocycles. The highest BCUT2D eigenvalue weighted by Crippen LogP contribution is 2.41. The lowest BCUT2D eigenvalue weighted by molar-refractivity contribution is -0.387. The third-order valence-electron chi connectivity index (χ3n) is 18.8. The van der Waals surface area contributed by atoms with Crippen LogP contribution in [-0.4, -0.2) is 99.8 Å². The SMILES string of the molecule is CCN(CC)CC.CO.Cl.ClCCl.Nc1cc(C(F)(F)F)ccc1N1CCc2ccccc2C1.O=C(Cl)c1ccncc1.O=C(Nc1cc(C(F)(F)F)ccc1N1CCc2ccccc2C1)c1ccncc1.O=[N+]([O-])c1cc(C(F)(F)F)ccc1F.O=[N+]([O-])c1cc(C(F)(F)F)ccc1N1CCc2ccccc2C1.[2H]CF.c1ccc2c(c1)CCCC2. The van der Waals surface area contributed by atoms with Crippen LogP contribution in [0.4, 0.5) is 101 Å². The number of aliphatic hydroxyl groups excluding tert-OH is 1. The molecular weight excluding hydrogens is 1690 g/mol. The number of fused-ring (bicyclic) bond motifs is 4. The Hall–Kier alpha value is -10.7. The summed E-state index contributed by atoms with van der Waals surface area (Å²) in [6.45, 7) is 13.8. The van der Waals surface area contributed by atoms with Gasteiger partial charge in [0, 0.05) is 94.4 Å². The molecule has 0 radical (unpaired) electrons. The molecule has 0 saturated heterocycles. The molecule has 3 aliphatic heterocycles. The first-order chi connectivity index (χ1) is 57.5. The number of carbonyl (C=O) groups excluding carboxylic acids is 2. The van der Waals surface area contributed by atoms with Gasteiger partial charge in [0.1, 0.15) is 5.69 Å². The molecule has 35 heteroatoms. The summed E-state index contributed by atoms with van der Waals surface area (Å²) < 4.78 is 180. The van der Waals surface area contributed by atoms with E-state index < -0.39 is 92.3 Å². The zero-order valence-electron chi connectivity index (χ0n) is 66.9. The number of nitro benzene ring substituents is 2. The molecule has 14 rings (SSSR count). The molecule has 0 unspecified atom stereocenters. The van der Waals surface area contributed by atoms with E-state index in [1.165, 1.54) is 123 Å². The number of nitrogens with zero attached hydrogens (tertiary/aromatic N) is 8. The molecule has 5 heterocycles. The van der Waals surface area contributed by atoms with Crippen LogP contribution in [0.2, 0.25) is 0 Å². The number of hydrogen-bond acceptors (Lipinski definition) is 14. The Bertz CT molecular complexity index is 4880. The van der Waals surface area contributed by atoms with Gasteiger partial charge in [-0.15, -0.1) is 35.6 Å². The first kappa shape index (κ1) is 101. The number of aryl methyl sites for hydroxylation is 2. The highest BCUT2D eigenvalue weighted by atomic mass is 35.5. The van der Waals surface area contributed by atoms with Crippen molar-refractivity contribution in [1.82, 2.24) is 14.9 Å². The van der Waals surface area contributed by atoms with Gasteiger partial charge in [-0.1, -0.05) is 118 Å². The topological polar surface area (TPSA) is 217 Å². The number of nitrogens with one attached hydrogen (secondary N) is 1. The summed E-state index contributed by atoms with van der Waals surface area (Å²) in [4.78, 5) is 58.0. The average Bonchev–Trinajstić information content (AvgIpc) is 0.794. The zero-order valence-corrected chi connectivity index (χ0v) is 69.0. The summed E-state index contributed by atoms with van der Waals surface area (Å²) >= 11 is 14.7. The van der Waals surface area contributed by atoms with Crippen LogP contribution in [0.3, 0.4) is 0 Å². The molecule has 2 aromatic heterocycles. The van der Waals surface area contributed by atoms with Crippen molar-refractivity contribution in [3.63, 3.8) is 0 Å². The number of amides is 1. The van der Waals surface area contributed by atoms with Crippen molar-refractivity contribution in [1.29, 1.82) is 0 Å². The molecule has 0 fully saturated rings. The molecule has 1 amide bonds. The number of alkyl halides is 15. The molecule has 652 valence electrons. The number of benzene rings is 8. The number of nitro groups is 2. The van der Waals surface area contributed by atoms with Gasteiger partial charge in [-0.3, -0.25) is 44.2 Å². The molecule has 121 heavy (non-hydrogen) atoms. The van der Waals surface area contributed by atoms with Crippen molar-refractivity contribution in [3.05, 3.63) is 323 Å². The Balaban J connectivity index is 0.000000306. The van der Waals surface area contributed by atoms with Crippen LogP contribution in [-0.2, 0) is 76.4 Å². The van der Waals surface area contributed by atoms with E-state index >= 15 is 0 Å². The number of rotatable bonds is 11. The van der Waals surface area contributed by atoms with Gasteiger partial charge in [0.15, 0.2) is 0 Å². The van der Waals surface area contributed by atoms with Crippen molar-refractivity contribution < 1.29 is 87.4 Å². The van der Waals surface area contributed by atoms with Gasteiger partial charge >= 0.3 is 30.4 Å². The fourth-order valence-electron chi connectivity index (χ4n) is 12.7. The van der Waals surface area contributed by atoms with Gasteiger partial charge in [-0.05, 0) is 206 Å². The minimum atomic E-state index is -4.71. The maximum Gasteiger partial charge on any atom is 0.416 e. The number of anilines is 5. The van der Waals surface area contributed by atoms with Gasteiger partial charge in [0.05, 0.1) is 68.7 Å². The molecule has 8 aromatic carbocycles. The van der Waals surface area contributed by atoms with Gasteiger partial charge in [0.25, 0.3) is 16.8 Å². The van der Waals surface area contributed by atoms with Crippen LogP contribution in [0.15, 0.2) is 219 Å². The summed E-state index contributed by atoms with van der Waals surface area (Å²) in [7, 11) is 0. The van der Waals surface area contributed by atoms with Crippen LogP contribution >= 0.6 is 47.2 Å². The number of hydrogen-bond donors (Lipinski definition) is 3. The second-order valence-corrected chi connectivity index (χ2v) is 27.2. The predicted molar refractivity (Wildman–Crippen MR) is 449 cm³/mol. The number of aliphatic hydroxyl groups is 1. The van der Waals surface area contributed by atoms with Crippen LogP contribution in [0.5, 0.6) is 0 Å². The second kappa shape index (κ2) is 50.5. The number of pyridine rings is 2. The number of nitrogen functional groups attached to an aromatic ring is 1. The first-order valence-corrected chi connectivity index (χ1v) is 38.5. The Morgan fingerprint density at radius 1 is 0.488 bits per heavy atom. The van der Waals surface area contributed by atoms with E-state index in [1.54, 1.807) is 28.2 Å². The van der Waals surface area contributed by atoms with E-state index in [4.69, 9.17) is 47.0 Å². The summed E-state index contributed by atoms with van der Waals surface area (Å²) in [5, 5.41) is 30.7. The molecule has 0 saturated carbocycles. The molecule has 0 atom stereocenters. The molecule has 4 N–H and O–H groups in total. The zero-order chi connectivity index (χ0) is 89.6. The summed E-state index contributed by atoms with van der Waals surface area (Å²) in [5.41, 5.74) is 13.1. The highest BCUT2D eigenvalue weighted by Gasteiger charge is 2.37. The van der Waals surface area contributed by atoms with E-state index in [1.807, 2.05) is 70.5 Å². The van der Waals surface area contributed by atoms with Crippen LogP contribution in [0.1, 0.15) is 122 Å². The van der Waals surface area contributed by atoms with Crippen LogP contribution in [0.25, 0.3) is 0 Å². The first-order valence-electron chi connectivity index (χ1n) is 37.7. The van der Waals surface area contributed by atoms with E-state index in [9.17, 15) is 91.3 Å². The molecule has 0 spiro atoms. The molecule has 10 aromatic rings. The van der Waals surface area contributed by atoms with Crippen molar-refractivity contribution >= 4 is 98.2 Å². The van der Waals surface area contributed by atoms with E-state index in [2.05, 4.69) is 77.4 Å². The lowest BCUT2D eigenvalue weighted by Crippen LogP contribution is -2.31. The minimum absolute atomic E-state index is 0.